The number of nitrogens with zero attached hydrogens (tertiary/aromatic N) is 5. The van der Waals surface area contributed by atoms with Crippen molar-refractivity contribution in [3.8, 4) is 28.7 Å². The van der Waals surface area contributed by atoms with Crippen molar-refractivity contribution in [2.24, 2.45) is 0 Å². The lowest BCUT2D eigenvalue weighted by atomic mass is 10.1. The maximum absolute atomic E-state index is 12.6. The molecule has 0 amide bonds. The van der Waals surface area contributed by atoms with Gasteiger partial charge in [0.05, 0.1) is 17.5 Å². The molecule has 3 aromatic heterocycles. The van der Waals surface area contributed by atoms with E-state index in [2.05, 4.69) is 19.9 Å². The molecule has 9 heteroatoms. The molecule has 0 bridgehead atoms. The van der Waals surface area contributed by atoms with Crippen molar-refractivity contribution in [1.29, 1.82) is 5.26 Å². The number of nitrogen functional groups attached to an aromatic ring is 1. The molecule has 3 aromatic rings. The number of nitrogens with two attached hydrogens (primary N) is 1. The van der Waals surface area contributed by atoms with Gasteiger partial charge in [-0.15, -0.1) is 0 Å². The Kier molecular flexibility index (Phi) is 4.02. The second-order valence-corrected chi connectivity index (χ2v) is 4.96. The Morgan fingerprint density at radius 2 is 1.72 bits per heavy atom. The van der Waals surface area contributed by atoms with Crippen LogP contribution in [0.5, 0.6) is 0 Å². The number of alkyl halides is 3. The minimum Gasteiger partial charge on any atom is -0.382 e. The first kappa shape index (κ1) is 16.3. The SMILES string of the molecule is N#Cc1ccc(-c2cnc(N)c(-c3ccc(C(F)(F)F)nc3)n2)nc1. The van der Waals surface area contributed by atoms with E-state index in [0.29, 0.717) is 22.5 Å². The van der Waals surface area contributed by atoms with Gasteiger partial charge in [0.1, 0.15) is 29.0 Å². The molecular formula is C16H9F3N6. The Morgan fingerprint density at radius 3 is 2.28 bits per heavy atom. The van der Waals surface area contributed by atoms with E-state index in [1.54, 1.807) is 12.1 Å². The number of anilines is 1. The van der Waals surface area contributed by atoms with Crippen molar-refractivity contribution in [3.05, 3.63) is 54.1 Å². The summed E-state index contributed by atoms with van der Waals surface area (Å²) < 4.78 is 37.8. The van der Waals surface area contributed by atoms with E-state index >= 15 is 0 Å². The number of nitriles is 1. The van der Waals surface area contributed by atoms with Crippen molar-refractivity contribution in [2.45, 2.75) is 6.18 Å². The third-order valence-electron chi connectivity index (χ3n) is 3.28. The van der Waals surface area contributed by atoms with Crippen molar-refractivity contribution in [2.75, 3.05) is 5.73 Å². The highest BCUT2D eigenvalue weighted by Crippen LogP contribution is 2.30. The first-order valence-corrected chi connectivity index (χ1v) is 6.91. The molecule has 25 heavy (non-hydrogen) atoms. The summed E-state index contributed by atoms with van der Waals surface area (Å²) in [5, 5.41) is 8.79. The number of halogens is 3. The average Bonchev–Trinajstić information content (AvgIpc) is 2.62. The predicted molar refractivity (Wildman–Crippen MR) is 82.6 cm³/mol. The van der Waals surface area contributed by atoms with Gasteiger partial charge in [0, 0.05) is 18.0 Å². The molecule has 0 unspecified atom stereocenters. The summed E-state index contributed by atoms with van der Waals surface area (Å²) in [7, 11) is 0. The van der Waals surface area contributed by atoms with Gasteiger partial charge in [-0.05, 0) is 24.3 Å². The minimum atomic E-state index is -4.52. The molecule has 0 atom stereocenters. The van der Waals surface area contributed by atoms with Crippen LogP contribution in [0.25, 0.3) is 22.6 Å². The Labute approximate surface area is 139 Å². The zero-order chi connectivity index (χ0) is 18.0. The lowest BCUT2D eigenvalue weighted by Gasteiger charge is -2.09. The molecule has 0 radical (unpaired) electrons. The van der Waals surface area contributed by atoms with Crippen LogP contribution in [0, 0.1) is 11.3 Å². The first-order valence-electron chi connectivity index (χ1n) is 6.91. The van der Waals surface area contributed by atoms with Crippen molar-refractivity contribution < 1.29 is 13.2 Å². The van der Waals surface area contributed by atoms with Crippen LogP contribution in [-0.4, -0.2) is 19.9 Å². The molecular weight excluding hydrogens is 333 g/mol. The summed E-state index contributed by atoms with van der Waals surface area (Å²) in [6.45, 7) is 0. The quantitative estimate of drug-likeness (QED) is 0.768. The summed E-state index contributed by atoms with van der Waals surface area (Å²) in [4.78, 5) is 15.8. The zero-order valence-electron chi connectivity index (χ0n) is 12.5. The smallest absolute Gasteiger partial charge is 0.382 e. The van der Waals surface area contributed by atoms with Gasteiger partial charge in [-0.2, -0.15) is 18.4 Å². The van der Waals surface area contributed by atoms with Gasteiger partial charge in [-0.25, -0.2) is 9.97 Å². The Hall–Kier alpha value is -3.54. The van der Waals surface area contributed by atoms with Crippen LogP contribution in [0.2, 0.25) is 0 Å². The minimum absolute atomic E-state index is 0.0546. The molecule has 0 aromatic carbocycles. The normalized spacial score (nSPS) is 11.1. The first-order chi connectivity index (χ1) is 11.9. The molecule has 6 nitrogen and oxygen atoms in total. The Bertz CT molecular complexity index is 944. The Morgan fingerprint density at radius 1 is 0.920 bits per heavy atom. The highest BCUT2D eigenvalue weighted by Gasteiger charge is 2.32. The fourth-order valence-corrected chi connectivity index (χ4v) is 2.05. The summed E-state index contributed by atoms with van der Waals surface area (Å²) >= 11 is 0. The average molecular weight is 342 g/mol. The third kappa shape index (κ3) is 3.37. The van der Waals surface area contributed by atoms with Crippen LogP contribution >= 0.6 is 0 Å². The zero-order valence-corrected chi connectivity index (χ0v) is 12.5. The van der Waals surface area contributed by atoms with Crippen LogP contribution in [0.3, 0.4) is 0 Å². The lowest BCUT2D eigenvalue weighted by molar-refractivity contribution is -0.141. The maximum Gasteiger partial charge on any atom is 0.433 e. The molecule has 0 saturated heterocycles. The molecule has 0 aliphatic heterocycles. The summed E-state index contributed by atoms with van der Waals surface area (Å²) in [6.07, 6.45) is -0.708. The summed E-state index contributed by atoms with van der Waals surface area (Å²) in [5.74, 6) is 0.0546. The van der Waals surface area contributed by atoms with Gasteiger partial charge in [0.15, 0.2) is 0 Å². The predicted octanol–water partition coefficient (Wildman–Crippen LogP) is 3.07. The van der Waals surface area contributed by atoms with Crippen molar-refractivity contribution in [3.63, 3.8) is 0 Å². The van der Waals surface area contributed by atoms with E-state index < -0.39 is 11.9 Å². The second kappa shape index (κ2) is 6.16. The molecule has 2 N–H and O–H groups in total. The Balaban J connectivity index is 2.00. The number of pyridine rings is 2. The number of hydrogen-bond acceptors (Lipinski definition) is 6. The summed E-state index contributed by atoms with van der Waals surface area (Å²) in [6, 6.07) is 7.19. The number of rotatable bonds is 2. The molecule has 0 spiro atoms. The lowest BCUT2D eigenvalue weighted by Crippen LogP contribution is -2.07. The van der Waals surface area contributed by atoms with E-state index in [1.807, 2.05) is 6.07 Å². The van der Waals surface area contributed by atoms with Crippen LogP contribution in [0.1, 0.15) is 11.3 Å². The molecule has 0 aliphatic carbocycles. The third-order valence-corrected chi connectivity index (χ3v) is 3.28. The standard InChI is InChI=1S/C16H9F3N6/c17-16(18,19)13-4-2-10(7-23-13)14-15(21)24-8-12(25-14)11-3-1-9(5-20)6-22-11/h1-4,6-8H,(H2,21,24). The van der Waals surface area contributed by atoms with Gasteiger partial charge >= 0.3 is 6.18 Å². The van der Waals surface area contributed by atoms with E-state index in [0.717, 1.165) is 12.3 Å². The highest BCUT2D eigenvalue weighted by atomic mass is 19.4. The molecule has 3 heterocycles. The van der Waals surface area contributed by atoms with E-state index in [4.69, 9.17) is 11.0 Å². The van der Waals surface area contributed by atoms with E-state index in [9.17, 15) is 13.2 Å². The van der Waals surface area contributed by atoms with Crippen LogP contribution in [0.15, 0.2) is 42.9 Å². The molecule has 0 saturated carbocycles. The fraction of sp³-hybridized carbons (Fsp3) is 0.0625. The van der Waals surface area contributed by atoms with E-state index in [-0.39, 0.29) is 11.5 Å². The molecule has 0 aliphatic rings. The molecule has 3 rings (SSSR count). The maximum atomic E-state index is 12.6. The van der Waals surface area contributed by atoms with Gasteiger partial charge in [-0.3, -0.25) is 9.97 Å². The number of aromatic nitrogens is 4. The van der Waals surface area contributed by atoms with Crippen LogP contribution in [-0.2, 0) is 6.18 Å². The van der Waals surface area contributed by atoms with E-state index in [1.165, 1.54) is 18.5 Å². The highest BCUT2D eigenvalue weighted by molar-refractivity contribution is 5.71. The van der Waals surface area contributed by atoms with Gasteiger partial charge < -0.3 is 5.73 Å². The topological polar surface area (TPSA) is 101 Å². The monoisotopic (exact) mass is 342 g/mol. The number of hydrogen-bond donors (Lipinski definition) is 1. The van der Waals surface area contributed by atoms with Crippen molar-refractivity contribution >= 4 is 5.82 Å². The van der Waals surface area contributed by atoms with Gasteiger partial charge in [0.2, 0.25) is 0 Å². The molecule has 0 fully saturated rings. The largest absolute Gasteiger partial charge is 0.433 e. The van der Waals surface area contributed by atoms with Gasteiger partial charge in [-0.1, -0.05) is 0 Å². The molecule has 124 valence electrons. The van der Waals surface area contributed by atoms with Gasteiger partial charge in [0.25, 0.3) is 0 Å². The summed E-state index contributed by atoms with van der Waals surface area (Å²) in [5.41, 5.74) is 6.48. The van der Waals surface area contributed by atoms with Crippen molar-refractivity contribution in [1.82, 2.24) is 19.9 Å². The van der Waals surface area contributed by atoms with Crippen LogP contribution < -0.4 is 5.73 Å². The second-order valence-electron chi connectivity index (χ2n) is 4.96. The van der Waals surface area contributed by atoms with Crippen LogP contribution in [0.4, 0.5) is 19.0 Å². The fourth-order valence-electron chi connectivity index (χ4n) is 2.05.